The van der Waals surface area contributed by atoms with Crippen LogP contribution in [0.25, 0.3) is 0 Å². The second-order valence-corrected chi connectivity index (χ2v) is 6.78. The maximum absolute atomic E-state index is 13.0. The Labute approximate surface area is 152 Å². The summed E-state index contributed by atoms with van der Waals surface area (Å²) in [6.45, 7) is 4.72. The molecule has 1 aromatic heterocycles. The molecule has 0 bridgehead atoms. The molecule has 0 fully saturated rings. The Balaban J connectivity index is 0.00000208. The van der Waals surface area contributed by atoms with Crippen molar-refractivity contribution < 1.29 is 9.18 Å². The molecule has 1 aromatic carbocycles. The minimum atomic E-state index is -0.249. The van der Waals surface area contributed by atoms with E-state index in [0.29, 0.717) is 13.0 Å². The lowest BCUT2D eigenvalue weighted by atomic mass is 9.91. The summed E-state index contributed by atoms with van der Waals surface area (Å²) in [6.07, 6.45) is 2.47. The Bertz CT molecular complexity index is 747. The first-order chi connectivity index (χ1) is 10.9. The zero-order valence-electron chi connectivity index (χ0n) is 13.6. The lowest BCUT2D eigenvalue weighted by Crippen LogP contribution is -2.34. The summed E-state index contributed by atoms with van der Waals surface area (Å²) in [6, 6.07) is 8.40. The SMILES string of the molecule is CC1(C)CN(C(=O)CCl)c2cc(Cc3ccc(F)cc3)cnc21.Cl. The summed E-state index contributed by atoms with van der Waals surface area (Å²) in [5.41, 5.74) is 3.55. The summed E-state index contributed by atoms with van der Waals surface area (Å²) >= 11 is 5.73. The van der Waals surface area contributed by atoms with E-state index in [0.717, 1.165) is 22.5 Å². The molecular formula is C18H19Cl2FN2O. The van der Waals surface area contributed by atoms with Crippen LogP contribution >= 0.6 is 24.0 Å². The molecule has 0 aliphatic carbocycles. The Kier molecular flexibility index (Phi) is 5.51. The number of fused-ring (bicyclic) bond motifs is 1. The van der Waals surface area contributed by atoms with Gasteiger partial charge in [-0.2, -0.15) is 0 Å². The van der Waals surface area contributed by atoms with Crippen LogP contribution in [0.1, 0.15) is 30.7 Å². The van der Waals surface area contributed by atoms with Crippen molar-refractivity contribution in [2.45, 2.75) is 25.7 Å². The van der Waals surface area contributed by atoms with E-state index in [-0.39, 0.29) is 35.4 Å². The molecule has 6 heteroatoms. The molecule has 128 valence electrons. The van der Waals surface area contributed by atoms with Gasteiger partial charge in [-0.1, -0.05) is 26.0 Å². The molecule has 1 aliphatic rings. The summed E-state index contributed by atoms with van der Waals surface area (Å²) in [5, 5.41) is 0. The van der Waals surface area contributed by atoms with E-state index in [9.17, 15) is 9.18 Å². The first-order valence-electron chi connectivity index (χ1n) is 7.51. The number of benzene rings is 1. The molecule has 2 aromatic rings. The number of halogens is 3. The Hall–Kier alpha value is -1.65. The minimum Gasteiger partial charge on any atom is -0.309 e. The normalized spacial score (nSPS) is 14.9. The number of anilines is 1. The number of aromatic nitrogens is 1. The van der Waals surface area contributed by atoms with Crippen LogP contribution in [0.5, 0.6) is 0 Å². The van der Waals surface area contributed by atoms with Crippen molar-refractivity contribution in [1.29, 1.82) is 0 Å². The highest BCUT2D eigenvalue weighted by Gasteiger charge is 2.39. The van der Waals surface area contributed by atoms with Crippen molar-refractivity contribution >= 4 is 35.6 Å². The maximum Gasteiger partial charge on any atom is 0.241 e. The number of carbonyl (C=O) groups excluding carboxylic acids is 1. The van der Waals surface area contributed by atoms with E-state index < -0.39 is 0 Å². The van der Waals surface area contributed by atoms with Crippen LogP contribution in [0.3, 0.4) is 0 Å². The van der Waals surface area contributed by atoms with Crippen molar-refractivity contribution in [2.75, 3.05) is 17.3 Å². The zero-order chi connectivity index (χ0) is 16.6. The summed E-state index contributed by atoms with van der Waals surface area (Å²) < 4.78 is 13.0. The van der Waals surface area contributed by atoms with E-state index in [1.807, 2.05) is 12.3 Å². The molecule has 3 nitrogen and oxygen atoms in total. The fourth-order valence-electron chi connectivity index (χ4n) is 3.01. The van der Waals surface area contributed by atoms with Gasteiger partial charge in [-0.15, -0.1) is 24.0 Å². The maximum atomic E-state index is 13.0. The number of nitrogens with zero attached hydrogens (tertiary/aromatic N) is 2. The van der Waals surface area contributed by atoms with Gasteiger partial charge in [0, 0.05) is 18.2 Å². The monoisotopic (exact) mass is 368 g/mol. The molecular weight excluding hydrogens is 350 g/mol. The number of rotatable bonds is 3. The van der Waals surface area contributed by atoms with Gasteiger partial charge in [0.25, 0.3) is 0 Å². The highest BCUT2D eigenvalue weighted by atomic mass is 35.5. The van der Waals surface area contributed by atoms with Gasteiger partial charge in [0.1, 0.15) is 11.7 Å². The number of pyridine rings is 1. The van der Waals surface area contributed by atoms with Crippen molar-refractivity contribution in [3.05, 3.63) is 59.2 Å². The van der Waals surface area contributed by atoms with Gasteiger partial charge in [0.05, 0.1) is 11.4 Å². The van der Waals surface area contributed by atoms with Gasteiger partial charge < -0.3 is 4.90 Å². The fourth-order valence-corrected chi connectivity index (χ4v) is 3.15. The van der Waals surface area contributed by atoms with Crippen LogP contribution in [-0.2, 0) is 16.6 Å². The van der Waals surface area contributed by atoms with Crippen LogP contribution in [0.15, 0.2) is 36.5 Å². The largest absolute Gasteiger partial charge is 0.309 e. The third kappa shape index (κ3) is 3.55. The van der Waals surface area contributed by atoms with Crippen LogP contribution in [0.2, 0.25) is 0 Å². The minimum absolute atomic E-state index is 0. The van der Waals surface area contributed by atoms with E-state index in [1.54, 1.807) is 17.0 Å². The second-order valence-electron chi connectivity index (χ2n) is 6.51. The molecule has 0 N–H and O–H groups in total. The fraction of sp³-hybridized carbons (Fsp3) is 0.333. The lowest BCUT2D eigenvalue weighted by molar-refractivity contribution is -0.116. The van der Waals surface area contributed by atoms with Gasteiger partial charge in [0.15, 0.2) is 0 Å². The topological polar surface area (TPSA) is 33.2 Å². The molecule has 2 heterocycles. The Morgan fingerprint density at radius 2 is 1.96 bits per heavy atom. The Morgan fingerprint density at radius 1 is 1.29 bits per heavy atom. The highest BCUT2D eigenvalue weighted by molar-refractivity contribution is 6.29. The quantitative estimate of drug-likeness (QED) is 0.764. The van der Waals surface area contributed by atoms with E-state index in [1.165, 1.54) is 12.1 Å². The molecule has 24 heavy (non-hydrogen) atoms. The van der Waals surface area contributed by atoms with Crippen LogP contribution in [-0.4, -0.2) is 23.3 Å². The third-order valence-electron chi connectivity index (χ3n) is 4.15. The molecule has 1 aliphatic heterocycles. The molecule has 0 saturated heterocycles. The third-order valence-corrected chi connectivity index (χ3v) is 4.37. The standard InChI is InChI=1S/C18H18ClFN2O.ClH/c1-18(2)11-22(16(23)9-19)15-8-13(10-21-17(15)18)7-12-3-5-14(20)6-4-12;/h3-6,8,10H,7,9,11H2,1-2H3;1H. The molecule has 0 saturated carbocycles. The summed E-state index contributed by atoms with van der Waals surface area (Å²) in [5.74, 6) is -0.404. The van der Waals surface area contributed by atoms with Crippen molar-refractivity contribution in [2.24, 2.45) is 0 Å². The smallest absolute Gasteiger partial charge is 0.241 e. The van der Waals surface area contributed by atoms with Gasteiger partial charge in [-0.3, -0.25) is 9.78 Å². The van der Waals surface area contributed by atoms with Gasteiger partial charge in [0.2, 0.25) is 5.91 Å². The summed E-state index contributed by atoms with van der Waals surface area (Å²) in [4.78, 5) is 18.4. The van der Waals surface area contributed by atoms with Crippen LogP contribution in [0.4, 0.5) is 10.1 Å². The predicted octanol–water partition coefficient (Wildman–Crippen LogP) is 4.10. The van der Waals surface area contributed by atoms with Crippen LogP contribution < -0.4 is 4.90 Å². The van der Waals surface area contributed by atoms with Crippen molar-refractivity contribution in [3.8, 4) is 0 Å². The number of amides is 1. The Morgan fingerprint density at radius 3 is 2.58 bits per heavy atom. The summed E-state index contributed by atoms with van der Waals surface area (Å²) in [7, 11) is 0. The number of hydrogen-bond acceptors (Lipinski definition) is 2. The first-order valence-corrected chi connectivity index (χ1v) is 8.04. The lowest BCUT2D eigenvalue weighted by Gasteiger charge is -2.19. The van der Waals surface area contributed by atoms with E-state index in [2.05, 4.69) is 18.8 Å². The van der Waals surface area contributed by atoms with Crippen molar-refractivity contribution in [1.82, 2.24) is 4.98 Å². The zero-order valence-corrected chi connectivity index (χ0v) is 15.1. The molecule has 0 spiro atoms. The number of alkyl halides is 1. The average Bonchev–Trinajstić information content (AvgIpc) is 2.80. The molecule has 0 unspecified atom stereocenters. The van der Waals surface area contributed by atoms with Crippen molar-refractivity contribution in [3.63, 3.8) is 0 Å². The first kappa shape index (κ1) is 18.7. The second kappa shape index (κ2) is 7.08. The van der Waals surface area contributed by atoms with E-state index in [4.69, 9.17) is 11.6 Å². The predicted molar refractivity (Wildman–Crippen MR) is 96.8 cm³/mol. The van der Waals surface area contributed by atoms with Gasteiger partial charge in [-0.25, -0.2) is 4.39 Å². The van der Waals surface area contributed by atoms with Gasteiger partial charge in [-0.05, 0) is 35.7 Å². The highest BCUT2D eigenvalue weighted by Crippen LogP contribution is 2.39. The van der Waals surface area contributed by atoms with E-state index >= 15 is 0 Å². The molecule has 3 rings (SSSR count). The van der Waals surface area contributed by atoms with Crippen LogP contribution in [0, 0.1) is 5.82 Å². The average molecular weight is 369 g/mol. The number of hydrogen-bond donors (Lipinski definition) is 0. The number of carbonyl (C=O) groups is 1. The molecule has 1 amide bonds. The molecule has 0 radical (unpaired) electrons. The molecule has 0 atom stereocenters. The van der Waals surface area contributed by atoms with Gasteiger partial charge >= 0.3 is 0 Å².